The van der Waals surface area contributed by atoms with Gasteiger partial charge in [0.1, 0.15) is 16.6 Å². The number of thiazole rings is 1. The number of carbonyl (C=O) groups is 1. The van der Waals surface area contributed by atoms with E-state index in [1.54, 1.807) is 12.3 Å². The van der Waals surface area contributed by atoms with Crippen LogP contribution in [0.3, 0.4) is 0 Å². The SMILES string of the molecule is CCOC(=O)c1csc(CNCCCc2cc(F)cc(F)c2)n1. The molecule has 0 bridgehead atoms. The minimum absolute atomic E-state index is 0.323. The normalized spacial score (nSPS) is 10.7. The first-order chi connectivity index (χ1) is 11.1. The van der Waals surface area contributed by atoms with Crippen LogP contribution in [-0.4, -0.2) is 24.1 Å². The topological polar surface area (TPSA) is 51.2 Å². The van der Waals surface area contributed by atoms with Gasteiger partial charge in [-0.05, 0) is 44.0 Å². The molecule has 1 aromatic heterocycles. The highest BCUT2D eigenvalue weighted by atomic mass is 32.1. The van der Waals surface area contributed by atoms with Crippen molar-refractivity contribution in [1.29, 1.82) is 0 Å². The van der Waals surface area contributed by atoms with E-state index in [0.717, 1.165) is 17.5 Å². The van der Waals surface area contributed by atoms with Crippen LogP contribution in [0.2, 0.25) is 0 Å². The molecule has 0 saturated carbocycles. The number of aromatic nitrogens is 1. The molecule has 0 fully saturated rings. The molecular weight excluding hydrogens is 322 g/mol. The Morgan fingerprint density at radius 2 is 2.04 bits per heavy atom. The van der Waals surface area contributed by atoms with Gasteiger partial charge in [-0.3, -0.25) is 0 Å². The highest BCUT2D eigenvalue weighted by molar-refractivity contribution is 7.09. The Bertz CT molecular complexity index is 641. The highest BCUT2D eigenvalue weighted by Gasteiger charge is 2.11. The van der Waals surface area contributed by atoms with E-state index in [9.17, 15) is 13.6 Å². The van der Waals surface area contributed by atoms with E-state index in [1.165, 1.54) is 23.5 Å². The van der Waals surface area contributed by atoms with Crippen LogP contribution in [0.4, 0.5) is 8.78 Å². The minimum atomic E-state index is -0.553. The molecule has 23 heavy (non-hydrogen) atoms. The number of nitrogens with one attached hydrogen (secondary N) is 1. The van der Waals surface area contributed by atoms with Gasteiger partial charge in [-0.1, -0.05) is 0 Å². The minimum Gasteiger partial charge on any atom is -0.461 e. The Balaban J connectivity index is 1.70. The van der Waals surface area contributed by atoms with Gasteiger partial charge >= 0.3 is 5.97 Å². The van der Waals surface area contributed by atoms with Crippen molar-refractivity contribution in [1.82, 2.24) is 10.3 Å². The molecule has 124 valence electrons. The zero-order valence-corrected chi connectivity index (χ0v) is 13.6. The number of ether oxygens (including phenoxy) is 1. The number of benzene rings is 1. The fourth-order valence-electron chi connectivity index (χ4n) is 2.06. The maximum atomic E-state index is 13.0. The lowest BCUT2D eigenvalue weighted by Crippen LogP contribution is -2.15. The number of nitrogens with zero attached hydrogens (tertiary/aromatic N) is 1. The van der Waals surface area contributed by atoms with E-state index in [2.05, 4.69) is 10.3 Å². The second-order valence-electron chi connectivity index (χ2n) is 4.90. The summed E-state index contributed by atoms with van der Waals surface area (Å²) < 4.78 is 31.0. The number of carbonyl (C=O) groups excluding carboxylic acids is 1. The quantitative estimate of drug-likeness (QED) is 0.592. The van der Waals surface area contributed by atoms with Gasteiger partial charge in [0.05, 0.1) is 6.61 Å². The Labute approximate surface area is 137 Å². The molecule has 0 aliphatic heterocycles. The zero-order valence-electron chi connectivity index (χ0n) is 12.8. The number of rotatable bonds is 8. The lowest BCUT2D eigenvalue weighted by atomic mass is 10.1. The van der Waals surface area contributed by atoms with Crippen molar-refractivity contribution >= 4 is 17.3 Å². The van der Waals surface area contributed by atoms with E-state index < -0.39 is 17.6 Å². The fraction of sp³-hybridized carbons (Fsp3) is 0.375. The van der Waals surface area contributed by atoms with Crippen molar-refractivity contribution < 1.29 is 18.3 Å². The van der Waals surface area contributed by atoms with Crippen molar-refractivity contribution in [2.75, 3.05) is 13.2 Å². The van der Waals surface area contributed by atoms with Crippen LogP contribution >= 0.6 is 11.3 Å². The third-order valence-electron chi connectivity index (χ3n) is 3.05. The third-order valence-corrected chi connectivity index (χ3v) is 3.90. The van der Waals surface area contributed by atoms with E-state index in [4.69, 9.17) is 4.74 Å². The van der Waals surface area contributed by atoms with Crippen molar-refractivity contribution in [2.45, 2.75) is 26.3 Å². The van der Waals surface area contributed by atoms with E-state index in [0.29, 0.717) is 37.4 Å². The Hall–Kier alpha value is -1.86. The van der Waals surface area contributed by atoms with Crippen molar-refractivity contribution in [3.63, 3.8) is 0 Å². The van der Waals surface area contributed by atoms with Gasteiger partial charge in [0, 0.05) is 18.0 Å². The summed E-state index contributed by atoms with van der Waals surface area (Å²) in [6.45, 7) is 3.30. The van der Waals surface area contributed by atoms with Crippen LogP contribution < -0.4 is 5.32 Å². The summed E-state index contributed by atoms with van der Waals surface area (Å²) in [6.07, 6.45) is 1.34. The number of esters is 1. The summed E-state index contributed by atoms with van der Waals surface area (Å²) in [5.41, 5.74) is 0.965. The number of halogens is 2. The monoisotopic (exact) mass is 340 g/mol. The third kappa shape index (κ3) is 5.69. The molecule has 0 amide bonds. The molecule has 2 rings (SSSR count). The van der Waals surface area contributed by atoms with Crippen LogP contribution in [0.5, 0.6) is 0 Å². The summed E-state index contributed by atoms with van der Waals surface area (Å²) >= 11 is 1.39. The number of aryl methyl sites for hydroxylation is 1. The maximum absolute atomic E-state index is 13.0. The number of hydrogen-bond donors (Lipinski definition) is 1. The molecule has 1 heterocycles. The van der Waals surface area contributed by atoms with Gasteiger partial charge in [0.25, 0.3) is 0 Å². The van der Waals surface area contributed by atoms with Crippen molar-refractivity contribution in [3.05, 3.63) is 51.5 Å². The molecule has 4 nitrogen and oxygen atoms in total. The van der Waals surface area contributed by atoms with E-state index >= 15 is 0 Å². The van der Waals surface area contributed by atoms with Crippen molar-refractivity contribution in [2.24, 2.45) is 0 Å². The molecule has 2 aromatic rings. The van der Waals surface area contributed by atoms with Gasteiger partial charge in [0.2, 0.25) is 0 Å². The van der Waals surface area contributed by atoms with Gasteiger partial charge in [0.15, 0.2) is 5.69 Å². The average molecular weight is 340 g/mol. The van der Waals surface area contributed by atoms with Gasteiger partial charge in [-0.15, -0.1) is 11.3 Å². The molecule has 0 spiro atoms. The Morgan fingerprint density at radius 3 is 2.74 bits per heavy atom. The summed E-state index contributed by atoms with van der Waals surface area (Å²) in [5, 5.41) is 5.66. The molecule has 0 unspecified atom stereocenters. The van der Waals surface area contributed by atoms with Crippen LogP contribution in [0.25, 0.3) is 0 Å². The highest BCUT2D eigenvalue weighted by Crippen LogP contribution is 2.11. The predicted molar refractivity (Wildman–Crippen MR) is 84.5 cm³/mol. The van der Waals surface area contributed by atoms with Crippen molar-refractivity contribution in [3.8, 4) is 0 Å². The lowest BCUT2D eigenvalue weighted by molar-refractivity contribution is 0.0520. The molecule has 1 aromatic carbocycles. The molecule has 0 aliphatic carbocycles. The average Bonchev–Trinajstić information content (AvgIpc) is 2.95. The Morgan fingerprint density at radius 1 is 1.30 bits per heavy atom. The van der Waals surface area contributed by atoms with Crippen LogP contribution in [-0.2, 0) is 17.7 Å². The molecule has 0 saturated heterocycles. The summed E-state index contributed by atoms with van der Waals surface area (Å²) in [5.74, 6) is -1.52. The zero-order chi connectivity index (χ0) is 16.7. The van der Waals surface area contributed by atoms with Gasteiger partial charge in [-0.2, -0.15) is 0 Å². The molecular formula is C16H18F2N2O2S. The van der Waals surface area contributed by atoms with Crippen LogP contribution in [0, 0.1) is 11.6 Å². The summed E-state index contributed by atoms with van der Waals surface area (Å²) in [6, 6.07) is 3.55. The van der Waals surface area contributed by atoms with Gasteiger partial charge < -0.3 is 10.1 Å². The smallest absolute Gasteiger partial charge is 0.357 e. The second-order valence-corrected chi connectivity index (χ2v) is 5.85. The molecule has 0 aliphatic rings. The Kier molecular flexibility index (Phi) is 6.61. The first-order valence-corrected chi connectivity index (χ1v) is 8.23. The van der Waals surface area contributed by atoms with Gasteiger partial charge in [-0.25, -0.2) is 18.6 Å². The summed E-state index contributed by atoms with van der Waals surface area (Å²) in [4.78, 5) is 15.7. The standard InChI is InChI=1S/C16H18F2N2O2S/c1-2-22-16(21)14-10-23-15(20-14)9-19-5-3-4-11-6-12(17)8-13(18)7-11/h6-8,10,19H,2-5,9H2,1H3. The largest absolute Gasteiger partial charge is 0.461 e. The van der Waals surface area contributed by atoms with Crippen LogP contribution in [0.1, 0.15) is 34.4 Å². The van der Waals surface area contributed by atoms with Crippen LogP contribution in [0.15, 0.2) is 23.6 Å². The summed E-state index contributed by atoms with van der Waals surface area (Å²) in [7, 11) is 0. The first-order valence-electron chi connectivity index (χ1n) is 7.35. The molecule has 1 N–H and O–H groups in total. The molecule has 0 radical (unpaired) electrons. The lowest BCUT2D eigenvalue weighted by Gasteiger charge is -2.04. The molecule has 0 atom stereocenters. The van der Waals surface area contributed by atoms with E-state index in [1.807, 2.05) is 0 Å². The maximum Gasteiger partial charge on any atom is 0.357 e. The molecule has 7 heteroatoms. The first kappa shape index (κ1) is 17.5. The fourth-order valence-corrected chi connectivity index (χ4v) is 2.79. The number of hydrogen-bond acceptors (Lipinski definition) is 5. The van der Waals surface area contributed by atoms with E-state index in [-0.39, 0.29) is 0 Å². The second kappa shape index (κ2) is 8.69. The predicted octanol–water partition coefficient (Wildman–Crippen LogP) is 3.32.